The summed E-state index contributed by atoms with van der Waals surface area (Å²) in [7, 11) is 2.10. The molecule has 6 nitrogen and oxygen atoms in total. The van der Waals surface area contributed by atoms with Gasteiger partial charge in [0.1, 0.15) is 23.9 Å². The van der Waals surface area contributed by atoms with Crippen molar-refractivity contribution in [1.82, 2.24) is 10.2 Å². The highest BCUT2D eigenvalue weighted by Gasteiger charge is 2.20. The zero-order valence-corrected chi connectivity index (χ0v) is 15.4. The van der Waals surface area contributed by atoms with E-state index in [1.54, 1.807) is 12.1 Å². The van der Waals surface area contributed by atoms with Crippen molar-refractivity contribution in [3.05, 3.63) is 47.9 Å². The molecule has 1 amide bonds. The standard InChI is InChI=1S/C20H26N2O4/c1-3-24-16-4-6-17(7-5-16)25-14-18-8-9-19(26-18)20(23)21-15-10-12-22(2)13-11-15/h4-9,15H,3,10-14H2,1-2H3,(H,21,23). The SMILES string of the molecule is CCOc1ccc(OCc2ccc(C(=O)NC3CCN(C)CC3)o2)cc1. The van der Waals surface area contributed by atoms with E-state index in [1.807, 2.05) is 31.2 Å². The van der Waals surface area contributed by atoms with Crippen LogP contribution in [-0.2, 0) is 6.61 Å². The Morgan fingerprint density at radius 2 is 1.77 bits per heavy atom. The maximum atomic E-state index is 12.3. The zero-order valence-electron chi connectivity index (χ0n) is 15.4. The molecule has 1 saturated heterocycles. The number of hydrogen-bond donors (Lipinski definition) is 1. The van der Waals surface area contributed by atoms with E-state index in [1.165, 1.54) is 0 Å². The van der Waals surface area contributed by atoms with Crippen LogP contribution in [0.15, 0.2) is 40.8 Å². The molecule has 1 N–H and O–H groups in total. The van der Waals surface area contributed by atoms with Crippen molar-refractivity contribution in [2.45, 2.75) is 32.4 Å². The van der Waals surface area contributed by atoms with Gasteiger partial charge >= 0.3 is 0 Å². The predicted molar refractivity (Wildman–Crippen MR) is 98.6 cm³/mol. The van der Waals surface area contributed by atoms with E-state index in [-0.39, 0.29) is 18.6 Å². The molecule has 2 aromatic rings. The van der Waals surface area contributed by atoms with Crippen LogP contribution in [0, 0.1) is 0 Å². The number of carbonyl (C=O) groups excluding carboxylic acids is 1. The number of likely N-dealkylation sites (tertiary alicyclic amines) is 1. The summed E-state index contributed by atoms with van der Waals surface area (Å²) in [5.41, 5.74) is 0. The molecule has 26 heavy (non-hydrogen) atoms. The van der Waals surface area contributed by atoms with Gasteiger partial charge in [0.2, 0.25) is 0 Å². The Hall–Kier alpha value is -2.47. The first-order valence-corrected chi connectivity index (χ1v) is 9.08. The topological polar surface area (TPSA) is 63.9 Å². The van der Waals surface area contributed by atoms with Crippen molar-refractivity contribution in [1.29, 1.82) is 0 Å². The summed E-state index contributed by atoms with van der Waals surface area (Å²) in [6, 6.07) is 11.1. The van der Waals surface area contributed by atoms with E-state index in [4.69, 9.17) is 13.9 Å². The first-order valence-electron chi connectivity index (χ1n) is 9.08. The third-order valence-electron chi connectivity index (χ3n) is 4.46. The van der Waals surface area contributed by atoms with Gasteiger partial charge in [-0.25, -0.2) is 0 Å². The molecule has 140 valence electrons. The van der Waals surface area contributed by atoms with Gasteiger partial charge in [-0.3, -0.25) is 4.79 Å². The Labute approximate surface area is 154 Å². The number of benzene rings is 1. The number of nitrogens with zero attached hydrogens (tertiary/aromatic N) is 1. The van der Waals surface area contributed by atoms with Gasteiger partial charge in [0, 0.05) is 6.04 Å². The Balaban J connectivity index is 1.48. The van der Waals surface area contributed by atoms with Gasteiger partial charge in [0.05, 0.1) is 6.61 Å². The minimum atomic E-state index is -0.160. The van der Waals surface area contributed by atoms with E-state index in [0.29, 0.717) is 18.1 Å². The smallest absolute Gasteiger partial charge is 0.287 e. The lowest BCUT2D eigenvalue weighted by Crippen LogP contribution is -2.43. The van der Waals surface area contributed by atoms with Gasteiger partial charge in [0.25, 0.3) is 5.91 Å². The second kappa shape index (κ2) is 8.76. The maximum absolute atomic E-state index is 12.3. The fourth-order valence-corrected chi connectivity index (χ4v) is 2.94. The lowest BCUT2D eigenvalue weighted by molar-refractivity contribution is 0.0884. The minimum Gasteiger partial charge on any atom is -0.494 e. The number of amides is 1. The van der Waals surface area contributed by atoms with Crippen molar-refractivity contribution in [2.24, 2.45) is 0 Å². The first kappa shape index (κ1) is 18.3. The molecule has 3 rings (SSSR count). The summed E-state index contributed by atoms with van der Waals surface area (Å²) >= 11 is 0. The molecule has 0 saturated carbocycles. The summed E-state index contributed by atoms with van der Waals surface area (Å²) in [5, 5.41) is 3.05. The third-order valence-corrected chi connectivity index (χ3v) is 4.46. The van der Waals surface area contributed by atoms with Crippen LogP contribution in [0.5, 0.6) is 11.5 Å². The van der Waals surface area contributed by atoms with Gasteiger partial charge in [-0.2, -0.15) is 0 Å². The molecule has 0 unspecified atom stereocenters. The van der Waals surface area contributed by atoms with Crippen LogP contribution in [0.2, 0.25) is 0 Å². The van der Waals surface area contributed by atoms with Crippen LogP contribution in [0.25, 0.3) is 0 Å². The molecule has 1 fully saturated rings. The highest BCUT2D eigenvalue weighted by molar-refractivity contribution is 5.91. The number of carbonyl (C=O) groups is 1. The summed E-state index contributed by atoms with van der Waals surface area (Å²) in [6.45, 7) is 4.86. The molecule has 1 aliphatic rings. The van der Waals surface area contributed by atoms with Gasteiger partial charge in [0.15, 0.2) is 5.76 Å². The molecule has 0 spiro atoms. The molecule has 0 radical (unpaired) electrons. The van der Waals surface area contributed by atoms with Crippen molar-refractivity contribution in [2.75, 3.05) is 26.7 Å². The summed E-state index contributed by atoms with van der Waals surface area (Å²) < 4.78 is 16.7. The summed E-state index contributed by atoms with van der Waals surface area (Å²) in [6.07, 6.45) is 1.94. The van der Waals surface area contributed by atoms with Crippen LogP contribution in [0.1, 0.15) is 36.1 Å². The lowest BCUT2D eigenvalue weighted by atomic mass is 10.1. The number of ether oxygens (including phenoxy) is 2. The Kier molecular flexibility index (Phi) is 6.17. The predicted octanol–water partition coefficient (Wildman–Crippen LogP) is 3.08. The molecule has 0 aliphatic carbocycles. The van der Waals surface area contributed by atoms with Gasteiger partial charge in [-0.05, 0) is 76.3 Å². The van der Waals surface area contributed by atoms with Crippen molar-refractivity contribution in [3.8, 4) is 11.5 Å². The first-order chi connectivity index (χ1) is 12.6. The fourth-order valence-electron chi connectivity index (χ4n) is 2.94. The molecule has 0 bridgehead atoms. The molecule has 0 atom stereocenters. The van der Waals surface area contributed by atoms with Crippen LogP contribution >= 0.6 is 0 Å². The number of hydrogen-bond acceptors (Lipinski definition) is 5. The molecule has 1 aliphatic heterocycles. The van der Waals surface area contributed by atoms with E-state index in [2.05, 4.69) is 17.3 Å². The second-order valence-corrected chi connectivity index (χ2v) is 6.51. The Morgan fingerprint density at radius 3 is 2.42 bits per heavy atom. The molecular formula is C20H26N2O4. The normalized spacial score (nSPS) is 15.6. The molecule has 6 heteroatoms. The monoisotopic (exact) mass is 358 g/mol. The van der Waals surface area contributed by atoms with Crippen LogP contribution < -0.4 is 14.8 Å². The van der Waals surface area contributed by atoms with E-state index in [0.717, 1.165) is 37.4 Å². The second-order valence-electron chi connectivity index (χ2n) is 6.51. The maximum Gasteiger partial charge on any atom is 0.287 e. The molecule has 2 heterocycles. The highest BCUT2D eigenvalue weighted by Crippen LogP contribution is 2.19. The number of furan rings is 1. The number of nitrogens with one attached hydrogen (secondary N) is 1. The summed E-state index contributed by atoms with van der Waals surface area (Å²) in [4.78, 5) is 14.6. The Morgan fingerprint density at radius 1 is 1.12 bits per heavy atom. The molecule has 1 aromatic heterocycles. The van der Waals surface area contributed by atoms with Crippen LogP contribution in [0.3, 0.4) is 0 Å². The van der Waals surface area contributed by atoms with Crippen molar-refractivity contribution >= 4 is 5.91 Å². The minimum absolute atomic E-state index is 0.160. The quantitative estimate of drug-likeness (QED) is 0.824. The zero-order chi connectivity index (χ0) is 18.4. The highest BCUT2D eigenvalue weighted by atomic mass is 16.5. The van der Waals surface area contributed by atoms with E-state index < -0.39 is 0 Å². The van der Waals surface area contributed by atoms with E-state index in [9.17, 15) is 4.79 Å². The average Bonchev–Trinajstić information content (AvgIpc) is 3.12. The van der Waals surface area contributed by atoms with Crippen molar-refractivity contribution < 1.29 is 18.7 Å². The largest absolute Gasteiger partial charge is 0.494 e. The number of rotatable bonds is 7. The lowest BCUT2D eigenvalue weighted by Gasteiger charge is -2.29. The van der Waals surface area contributed by atoms with E-state index >= 15 is 0 Å². The summed E-state index contributed by atoms with van der Waals surface area (Å²) in [5.74, 6) is 2.32. The third kappa shape index (κ3) is 5.02. The average molecular weight is 358 g/mol. The van der Waals surface area contributed by atoms with Crippen LogP contribution in [0.4, 0.5) is 0 Å². The van der Waals surface area contributed by atoms with Crippen LogP contribution in [-0.4, -0.2) is 43.6 Å². The molecule has 1 aromatic carbocycles. The fraction of sp³-hybridized carbons (Fsp3) is 0.450. The Bertz CT molecular complexity index is 703. The molecular weight excluding hydrogens is 332 g/mol. The van der Waals surface area contributed by atoms with Crippen molar-refractivity contribution in [3.63, 3.8) is 0 Å². The number of piperidine rings is 1. The van der Waals surface area contributed by atoms with Gasteiger partial charge in [-0.15, -0.1) is 0 Å². The van der Waals surface area contributed by atoms with Gasteiger partial charge < -0.3 is 24.1 Å². The van der Waals surface area contributed by atoms with Gasteiger partial charge in [-0.1, -0.05) is 0 Å².